The highest BCUT2D eigenvalue weighted by Gasteiger charge is 2.25. The molecule has 0 heterocycles. The largest absolute Gasteiger partial charge is 0.472 e. The van der Waals surface area contributed by atoms with Crippen molar-refractivity contribution in [2.45, 2.75) is 174 Å². The molecule has 0 bridgehead atoms. The SMILES string of the molecule is CCCCCCCC/C=C\CCCCCCCC(=O)OCC(COP(=O)(O)OCCN)OC(=O)CCC/C=C\C/C=C\C/C=C\C=C\C(O)CCCCC. The maximum atomic E-state index is 12.5. The van der Waals surface area contributed by atoms with E-state index in [0.717, 1.165) is 70.6 Å². The Hall–Kier alpha value is -2.33. The van der Waals surface area contributed by atoms with Crippen molar-refractivity contribution in [1.82, 2.24) is 0 Å². The van der Waals surface area contributed by atoms with Gasteiger partial charge in [0.05, 0.1) is 19.3 Å². The molecule has 10 nitrogen and oxygen atoms in total. The molecule has 312 valence electrons. The van der Waals surface area contributed by atoms with Crippen molar-refractivity contribution in [1.29, 1.82) is 0 Å². The number of carbonyl (C=O) groups excluding carboxylic acids is 2. The molecule has 0 rings (SSSR count). The van der Waals surface area contributed by atoms with Gasteiger partial charge in [-0.2, -0.15) is 0 Å². The van der Waals surface area contributed by atoms with Crippen LogP contribution in [-0.2, 0) is 32.7 Å². The molecule has 0 aromatic carbocycles. The standard InChI is InChI=1S/C43H76NO9P/c1-3-5-7-8-9-10-11-12-13-14-17-20-23-26-30-34-42(46)50-38-41(39-52-54(48,49)51-37-36-44)53-43(47)35-31-27-24-21-18-15-16-19-22-25-29-33-40(45)32-28-6-4-2/h12-13,15-16,21-22,24-25,29,33,40-41,45H,3-11,14,17-20,23,26-28,30-32,34-39,44H2,1-2H3,(H,48,49)/b13-12-,16-15-,24-21-,25-22-,33-29+. The Bertz CT molecular complexity index is 1090. The molecule has 0 amide bonds. The van der Waals surface area contributed by atoms with Crippen LogP contribution in [0.3, 0.4) is 0 Å². The van der Waals surface area contributed by atoms with Crippen LogP contribution in [0.25, 0.3) is 0 Å². The minimum absolute atomic E-state index is 0.0337. The summed E-state index contributed by atoms with van der Waals surface area (Å²) in [6.45, 7) is 3.50. The van der Waals surface area contributed by atoms with Crippen LogP contribution < -0.4 is 5.73 Å². The van der Waals surface area contributed by atoms with E-state index in [1.807, 2.05) is 36.5 Å². The summed E-state index contributed by atoms with van der Waals surface area (Å²) in [5, 5.41) is 9.89. The number of aliphatic hydroxyl groups excluding tert-OH is 1. The number of allylic oxidation sites excluding steroid dienone is 9. The number of carbonyl (C=O) groups is 2. The lowest BCUT2D eigenvalue weighted by molar-refractivity contribution is -0.161. The normalized spacial score (nSPS) is 14.5. The maximum Gasteiger partial charge on any atom is 0.472 e. The molecular weight excluding hydrogens is 705 g/mol. The fraction of sp³-hybridized carbons (Fsp3) is 0.721. The number of hydrogen-bond acceptors (Lipinski definition) is 9. The van der Waals surface area contributed by atoms with Crippen LogP contribution in [0, 0.1) is 0 Å². The molecule has 0 aromatic heterocycles. The highest BCUT2D eigenvalue weighted by molar-refractivity contribution is 7.47. The van der Waals surface area contributed by atoms with Gasteiger partial charge in [-0.05, 0) is 64.2 Å². The first kappa shape index (κ1) is 51.7. The van der Waals surface area contributed by atoms with Crippen molar-refractivity contribution in [2.24, 2.45) is 5.73 Å². The lowest BCUT2D eigenvalue weighted by Crippen LogP contribution is -2.29. The highest BCUT2D eigenvalue weighted by atomic mass is 31.2. The molecule has 0 radical (unpaired) electrons. The molecule has 0 aromatic rings. The molecule has 4 N–H and O–H groups in total. The van der Waals surface area contributed by atoms with Gasteiger partial charge in [0.25, 0.3) is 0 Å². The molecule has 0 saturated heterocycles. The van der Waals surface area contributed by atoms with Crippen LogP contribution in [0.5, 0.6) is 0 Å². The number of unbranched alkanes of at least 4 members (excludes halogenated alkanes) is 14. The van der Waals surface area contributed by atoms with E-state index in [4.69, 9.17) is 24.3 Å². The fourth-order valence-corrected chi connectivity index (χ4v) is 6.08. The quantitative estimate of drug-likeness (QED) is 0.0181. The summed E-state index contributed by atoms with van der Waals surface area (Å²) in [5.74, 6) is -0.935. The zero-order chi connectivity index (χ0) is 39.8. The molecule has 0 saturated carbocycles. The lowest BCUT2D eigenvalue weighted by atomic mass is 10.1. The second-order valence-corrected chi connectivity index (χ2v) is 15.2. The van der Waals surface area contributed by atoms with Gasteiger partial charge >= 0.3 is 19.8 Å². The summed E-state index contributed by atoms with van der Waals surface area (Å²) in [6, 6.07) is 0. The summed E-state index contributed by atoms with van der Waals surface area (Å²) in [4.78, 5) is 34.8. The number of ether oxygens (including phenoxy) is 2. The first-order chi connectivity index (χ1) is 26.2. The molecule has 0 aliphatic carbocycles. The number of phosphoric acid groups is 1. The van der Waals surface area contributed by atoms with E-state index in [9.17, 15) is 24.2 Å². The molecule has 0 aliphatic rings. The third-order valence-corrected chi connectivity index (χ3v) is 9.46. The van der Waals surface area contributed by atoms with Crippen molar-refractivity contribution in [3.8, 4) is 0 Å². The van der Waals surface area contributed by atoms with E-state index in [-0.39, 0.29) is 38.7 Å². The summed E-state index contributed by atoms with van der Waals surface area (Å²) in [5.41, 5.74) is 5.33. The first-order valence-corrected chi connectivity index (χ1v) is 22.4. The Balaban J connectivity index is 4.35. The molecule has 0 fully saturated rings. The third kappa shape index (κ3) is 38.0. The van der Waals surface area contributed by atoms with Crippen LogP contribution in [0.2, 0.25) is 0 Å². The summed E-state index contributed by atoms with van der Waals surface area (Å²) in [7, 11) is -4.40. The molecule has 54 heavy (non-hydrogen) atoms. The van der Waals surface area contributed by atoms with Gasteiger partial charge in [-0.25, -0.2) is 4.57 Å². The van der Waals surface area contributed by atoms with Crippen LogP contribution in [-0.4, -0.2) is 60.5 Å². The van der Waals surface area contributed by atoms with E-state index in [1.165, 1.54) is 44.9 Å². The Kier molecular flexibility index (Phi) is 37.2. The van der Waals surface area contributed by atoms with E-state index in [1.54, 1.807) is 0 Å². The molecule has 11 heteroatoms. The van der Waals surface area contributed by atoms with Crippen molar-refractivity contribution in [3.63, 3.8) is 0 Å². The van der Waals surface area contributed by atoms with Gasteiger partial charge in [-0.1, -0.05) is 145 Å². The van der Waals surface area contributed by atoms with Gasteiger partial charge in [0, 0.05) is 19.4 Å². The number of phosphoric ester groups is 1. The van der Waals surface area contributed by atoms with Crippen LogP contribution in [0.4, 0.5) is 0 Å². The van der Waals surface area contributed by atoms with Gasteiger partial charge in [0.1, 0.15) is 6.61 Å². The van der Waals surface area contributed by atoms with Crippen LogP contribution in [0.1, 0.15) is 162 Å². The number of nitrogens with two attached hydrogens (primary N) is 1. The van der Waals surface area contributed by atoms with Crippen molar-refractivity contribution in [2.75, 3.05) is 26.4 Å². The average molecular weight is 782 g/mol. The molecule has 0 aliphatic heterocycles. The lowest BCUT2D eigenvalue weighted by Gasteiger charge is -2.19. The van der Waals surface area contributed by atoms with Gasteiger partial charge < -0.3 is 25.2 Å². The third-order valence-electron chi connectivity index (χ3n) is 8.48. The van der Waals surface area contributed by atoms with Crippen LogP contribution >= 0.6 is 7.82 Å². The molecule has 0 spiro atoms. The predicted molar refractivity (Wildman–Crippen MR) is 221 cm³/mol. The van der Waals surface area contributed by atoms with Gasteiger partial charge in [0.2, 0.25) is 0 Å². The van der Waals surface area contributed by atoms with Gasteiger partial charge in [-0.15, -0.1) is 0 Å². The summed E-state index contributed by atoms with van der Waals surface area (Å²) in [6.07, 6.45) is 41.5. The summed E-state index contributed by atoms with van der Waals surface area (Å²) < 4.78 is 32.6. The first-order valence-electron chi connectivity index (χ1n) is 20.9. The predicted octanol–water partition coefficient (Wildman–Crippen LogP) is 10.7. The Morgan fingerprint density at radius 1 is 0.648 bits per heavy atom. The molecule has 3 unspecified atom stereocenters. The van der Waals surface area contributed by atoms with Crippen LogP contribution in [0.15, 0.2) is 60.8 Å². The second kappa shape index (κ2) is 38.9. The topological polar surface area (TPSA) is 155 Å². The zero-order valence-corrected chi connectivity index (χ0v) is 34.7. The fourth-order valence-electron chi connectivity index (χ4n) is 5.32. The molecular formula is C43H76NO9P. The molecule has 3 atom stereocenters. The maximum absolute atomic E-state index is 12.5. The van der Waals surface area contributed by atoms with Gasteiger partial charge in [-0.3, -0.25) is 18.6 Å². The number of esters is 2. The second-order valence-electron chi connectivity index (χ2n) is 13.7. The van der Waals surface area contributed by atoms with E-state index in [2.05, 4.69) is 38.2 Å². The Labute approximate surface area is 328 Å². The number of rotatable bonds is 38. The van der Waals surface area contributed by atoms with Gasteiger partial charge in [0.15, 0.2) is 6.10 Å². The average Bonchev–Trinajstić information content (AvgIpc) is 3.15. The Morgan fingerprint density at radius 2 is 1.20 bits per heavy atom. The smallest absolute Gasteiger partial charge is 0.462 e. The van der Waals surface area contributed by atoms with Crippen molar-refractivity contribution < 1.29 is 42.7 Å². The number of hydrogen-bond donors (Lipinski definition) is 3. The minimum Gasteiger partial charge on any atom is -0.462 e. The number of aliphatic hydroxyl groups is 1. The highest BCUT2D eigenvalue weighted by Crippen LogP contribution is 2.43. The monoisotopic (exact) mass is 782 g/mol. The Morgan fingerprint density at radius 3 is 1.89 bits per heavy atom. The summed E-state index contributed by atoms with van der Waals surface area (Å²) >= 11 is 0. The van der Waals surface area contributed by atoms with E-state index >= 15 is 0 Å². The van der Waals surface area contributed by atoms with E-state index in [0.29, 0.717) is 19.3 Å². The van der Waals surface area contributed by atoms with Crippen molar-refractivity contribution >= 4 is 19.8 Å². The van der Waals surface area contributed by atoms with Crippen molar-refractivity contribution in [3.05, 3.63) is 60.8 Å². The zero-order valence-electron chi connectivity index (χ0n) is 33.8. The minimum atomic E-state index is -4.40. The van der Waals surface area contributed by atoms with E-state index < -0.39 is 32.5 Å².